The molecule has 0 spiro atoms. The van der Waals surface area contributed by atoms with Crippen LogP contribution in [0.15, 0.2) is 29.3 Å². The van der Waals surface area contributed by atoms with Gasteiger partial charge < -0.3 is 9.64 Å². The van der Waals surface area contributed by atoms with Crippen molar-refractivity contribution in [3.8, 4) is 5.75 Å². The number of aliphatic imine (C=N–C) groups is 1. The van der Waals surface area contributed by atoms with Crippen LogP contribution in [-0.4, -0.2) is 48.2 Å². The highest BCUT2D eigenvalue weighted by molar-refractivity contribution is 6.07. The molecule has 4 nitrogen and oxygen atoms in total. The third-order valence-electron chi connectivity index (χ3n) is 6.34. The molecule has 3 aliphatic rings. The maximum absolute atomic E-state index is 11.9. The molecule has 0 aromatic heterocycles. The second-order valence-electron chi connectivity index (χ2n) is 8.71. The van der Waals surface area contributed by atoms with Crippen molar-refractivity contribution in [1.29, 1.82) is 0 Å². The van der Waals surface area contributed by atoms with Gasteiger partial charge in [0, 0.05) is 36.7 Å². The van der Waals surface area contributed by atoms with Crippen LogP contribution in [0.4, 0.5) is 0 Å². The maximum Gasteiger partial charge on any atom is 0.160 e. The van der Waals surface area contributed by atoms with Crippen LogP contribution in [0.25, 0.3) is 0 Å². The van der Waals surface area contributed by atoms with Gasteiger partial charge in [-0.1, -0.05) is 20.3 Å². The summed E-state index contributed by atoms with van der Waals surface area (Å²) in [4.78, 5) is 19.1. The molecule has 1 aliphatic carbocycles. The van der Waals surface area contributed by atoms with Crippen LogP contribution < -0.4 is 4.74 Å². The molecule has 2 aliphatic heterocycles. The zero-order valence-electron chi connectivity index (χ0n) is 16.0. The number of hydrogen-bond acceptors (Lipinski definition) is 4. The number of carbonyl (C=O) groups is 1. The molecule has 2 fully saturated rings. The number of piperidine rings is 1. The lowest BCUT2D eigenvalue weighted by Crippen LogP contribution is -2.46. The van der Waals surface area contributed by atoms with Crippen molar-refractivity contribution < 1.29 is 9.53 Å². The maximum atomic E-state index is 11.9. The number of carbonyl (C=O) groups excluding carboxylic acids is 1. The van der Waals surface area contributed by atoms with E-state index in [9.17, 15) is 4.79 Å². The Kier molecular flexibility index (Phi) is 4.87. The fraction of sp³-hybridized carbons (Fsp3) is 0.636. The van der Waals surface area contributed by atoms with Gasteiger partial charge in [0.15, 0.2) is 5.78 Å². The summed E-state index contributed by atoms with van der Waals surface area (Å²) in [5, 5.41) is 0. The van der Waals surface area contributed by atoms with Crippen LogP contribution in [0.3, 0.4) is 0 Å². The molecule has 0 unspecified atom stereocenters. The van der Waals surface area contributed by atoms with Crippen molar-refractivity contribution in [3.63, 3.8) is 0 Å². The summed E-state index contributed by atoms with van der Waals surface area (Å²) in [6.45, 7) is 6.68. The average Bonchev–Trinajstić information content (AvgIpc) is 2.58. The molecule has 140 valence electrons. The summed E-state index contributed by atoms with van der Waals surface area (Å²) in [6.07, 6.45) is 7.48. The van der Waals surface area contributed by atoms with E-state index in [1.54, 1.807) is 0 Å². The first-order valence-corrected chi connectivity index (χ1v) is 10.1. The molecular formula is C22H30N2O2. The average molecular weight is 354 g/mol. The van der Waals surface area contributed by atoms with Crippen molar-refractivity contribution in [2.75, 3.05) is 19.6 Å². The third-order valence-corrected chi connectivity index (χ3v) is 6.34. The molecule has 1 aromatic carbocycles. The van der Waals surface area contributed by atoms with Gasteiger partial charge in [0.1, 0.15) is 11.9 Å². The fourth-order valence-corrected chi connectivity index (χ4v) is 4.18. The molecule has 4 heteroatoms. The molecule has 1 saturated carbocycles. The first kappa shape index (κ1) is 17.7. The molecule has 0 radical (unpaired) electrons. The summed E-state index contributed by atoms with van der Waals surface area (Å²) in [7, 11) is 0. The molecule has 0 bridgehead atoms. The van der Waals surface area contributed by atoms with Gasteiger partial charge in [-0.15, -0.1) is 0 Å². The van der Waals surface area contributed by atoms with Crippen LogP contribution in [0.2, 0.25) is 0 Å². The van der Waals surface area contributed by atoms with Crippen molar-refractivity contribution in [1.82, 2.24) is 4.90 Å². The molecule has 1 saturated heterocycles. The van der Waals surface area contributed by atoms with Crippen molar-refractivity contribution in [2.45, 2.75) is 64.5 Å². The minimum absolute atomic E-state index is 0.231. The minimum atomic E-state index is -0.305. The highest BCUT2D eigenvalue weighted by atomic mass is 16.5. The van der Waals surface area contributed by atoms with Crippen LogP contribution in [-0.2, 0) is 4.79 Å². The van der Waals surface area contributed by atoms with E-state index in [1.807, 2.05) is 13.8 Å². The molecule has 1 aromatic rings. The van der Waals surface area contributed by atoms with Crippen molar-refractivity contribution >= 4 is 11.5 Å². The fourth-order valence-electron chi connectivity index (χ4n) is 4.18. The largest absolute Gasteiger partial charge is 0.490 e. The molecular weight excluding hydrogens is 324 g/mol. The van der Waals surface area contributed by atoms with Gasteiger partial charge in [0.2, 0.25) is 0 Å². The number of Topliss-reactive ketones (excluding diaryl/α,β-unsaturated/α-hetero) is 1. The smallest absolute Gasteiger partial charge is 0.160 e. The summed E-state index contributed by atoms with van der Waals surface area (Å²) in [5.74, 6) is 1.18. The number of benzene rings is 1. The van der Waals surface area contributed by atoms with Gasteiger partial charge in [0.25, 0.3) is 0 Å². The number of hydrogen-bond donors (Lipinski definition) is 0. The number of ether oxygens (including phenoxy) is 1. The first-order valence-electron chi connectivity index (χ1n) is 10.1. The minimum Gasteiger partial charge on any atom is -0.490 e. The van der Waals surface area contributed by atoms with Crippen LogP contribution in [0, 0.1) is 5.41 Å². The molecule has 0 N–H and O–H groups in total. The Morgan fingerprint density at radius 2 is 1.77 bits per heavy atom. The SMILES string of the molecule is CC1(C)CC(c2ccc(OC3CCN(C4CCC4)CC3)cc2)=NCC1=O. The van der Waals surface area contributed by atoms with E-state index in [1.165, 1.54) is 32.4 Å². The molecule has 26 heavy (non-hydrogen) atoms. The molecule has 0 amide bonds. The lowest BCUT2D eigenvalue weighted by Gasteiger charge is -2.41. The molecule has 2 heterocycles. The van der Waals surface area contributed by atoms with Crippen molar-refractivity contribution in [3.05, 3.63) is 29.8 Å². The number of rotatable bonds is 4. The second kappa shape index (κ2) is 7.15. The van der Waals surface area contributed by atoms with E-state index in [2.05, 4.69) is 34.2 Å². The predicted molar refractivity (Wildman–Crippen MR) is 104 cm³/mol. The van der Waals surface area contributed by atoms with Gasteiger partial charge in [0.05, 0.1) is 6.54 Å². The van der Waals surface area contributed by atoms with E-state index in [4.69, 9.17) is 4.74 Å². The van der Waals surface area contributed by atoms with E-state index in [0.717, 1.165) is 35.9 Å². The molecule has 4 rings (SSSR count). The standard InChI is InChI=1S/C22H30N2O2/c1-22(2)14-20(23-15-21(22)25)16-6-8-18(9-7-16)26-19-10-12-24(13-11-19)17-4-3-5-17/h6-9,17,19H,3-5,10-15H2,1-2H3. The van der Waals surface area contributed by atoms with Crippen molar-refractivity contribution in [2.24, 2.45) is 10.4 Å². The lowest BCUT2D eigenvalue weighted by atomic mass is 9.79. The monoisotopic (exact) mass is 354 g/mol. The Hall–Kier alpha value is -1.68. The lowest BCUT2D eigenvalue weighted by molar-refractivity contribution is -0.125. The van der Waals surface area contributed by atoms with Crippen LogP contribution in [0.1, 0.15) is 57.9 Å². The van der Waals surface area contributed by atoms with Gasteiger partial charge in [-0.3, -0.25) is 9.79 Å². The zero-order valence-corrected chi connectivity index (χ0v) is 16.0. The summed E-state index contributed by atoms with van der Waals surface area (Å²) in [5.41, 5.74) is 1.84. The summed E-state index contributed by atoms with van der Waals surface area (Å²) < 4.78 is 6.21. The second-order valence-corrected chi connectivity index (χ2v) is 8.71. The van der Waals surface area contributed by atoms with Crippen LogP contribution >= 0.6 is 0 Å². The quantitative estimate of drug-likeness (QED) is 0.824. The van der Waals surface area contributed by atoms with Gasteiger partial charge >= 0.3 is 0 Å². The number of ketones is 1. The first-order chi connectivity index (χ1) is 12.5. The zero-order chi connectivity index (χ0) is 18.1. The topological polar surface area (TPSA) is 41.9 Å². The normalized spacial score (nSPS) is 24.8. The van der Waals surface area contributed by atoms with Gasteiger partial charge in [-0.05, 0) is 55.5 Å². The highest BCUT2D eigenvalue weighted by Crippen LogP contribution is 2.30. The Morgan fingerprint density at radius 3 is 2.35 bits per heavy atom. The van der Waals surface area contributed by atoms with E-state index in [-0.39, 0.29) is 11.2 Å². The van der Waals surface area contributed by atoms with E-state index < -0.39 is 0 Å². The molecule has 0 atom stereocenters. The Morgan fingerprint density at radius 1 is 1.08 bits per heavy atom. The predicted octanol–water partition coefficient (Wildman–Crippen LogP) is 3.87. The summed E-state index contributed by atoms with van der Waals surface area (Å²) in [6, 6.07) is 9.13. The number of likely N-dealkylation sites (tertiary alicyclic amines) is 1. The Balaban J connectivity index is 1.33. The van der Waals surface area contributed by atoms with E-state index >= 15 is 0 Å². The Bertz CT molecular complexity index is 681. The van der Waals surface area contributed by atoms with Gasteiger partial charge in [-0.2, -0.15) is 0 Å². The van der Waals surface area contributed by atoms with Crippen LogP contribution in [0.5, 0.6) is 5.75 Å². The summed E-state index contributed by atoms with van der Waals surface area (Å²) >= 11 is 0. The third kappa shape index (κ3) is 3.71. The van der Waals surface area contributed by atoms with E-state index in [0.29, 0.717) is 19.1 Å². The highest BCUT2D eigenvalue weighted by Gasteiger charge is 2.33. The Labute approximate surface area is 156 Å². The number of nitrogens with zero attached hydrogens (tertiary/aromatic N) is 2. The van der Waals surface area contributed by atoms with Gasteiger partial charge in [-0.25, -0.2) is 0 Å².